The maximum Gasteiger partial charge on any atom is 0.255 e. The molecule has 0 unspecified atom stereocenters. The highest BCUT2D eigenvalue weighted by molar-refractivity contribution is 5.94. The Morgan fingerprint density at radius 3 is 3.04 bits per heavy atom. The van der Waals surface area contributed by atoms with E-state index in [1.165, 1.54) is 18.6 Å². The molecule has 1 amide bonds. The van der Waals surface area contributed by atoms with Gasteiger partial charge < -0.3 is 14.4 Å². The fourth-order valence-electron chi connectivity index (χ4n) is 3.54. The molecule has 2 atom stereocenters. The molecule has 0 aliphatic carbocycles. The van der Waals surface area contributed by atoms with E-state index in [2.05, 4.69) is 15.2 Å². The van der Waals surface area contributed by atoms with E-state index in [1.54, 1.807) is 18.2 Å². The van der Waals surface area contributed by atoms with Crippen LogP contribution in [-0.2, 0) is 4.74 Å². The van der Waals surface area contributed by atoms with Crippen LogP contribution < -0.4 is 4.74 Å². The highest BCUT2D eigenvalue weighted by Crippen LogP contribution is 2.42. The van der Waals surface area contributed by atoms with Gasteiger partial charge >= 0.3 is 0 Å². The molecule has 0 saturated carbocycles. The predicted octanol–water partition coefficient (Wildman–Crippen LogP) is 0.911. The highest BCUT2D eigenvalue weighted by Gasteiger charge is 2.52. The highest BCUT2D eigenvalue weighted by atomic mass is 16.5. The third kappa shape index (κ3) is 2.97. The first-order valence-electron chi connectivity index (χ1n) is 8.33. The molecular formula is C18H17N5O3. The second-order valence-electron chi connectivity index (χ2n) is 6.68. The van der Waals surface area contributed by atoms with Crippen molar-refractivity contribution in [3.8, 4) is 11.9 Å². The lowest BCUT2D eigenvalue weighted by atomic mass is 9.82. The molecule has 0 spiro atoms. The van der Waals surface area contributed by atoms with Gasteiger partial charge in [0.2, 0.25) is 5.88 Å². The lowest BCUT2D eigenvalue weighted by Crippen LogP contribution is -2.38. The summed E-state index contributed by atoms with van der Waals surface area (Å²) in [5.41, 5.74) is 0.776. The molecule has 2 aromatic heterocycles. The van der Waals surface area contributed by atoms with Gasteiger partial charge in [0.1, 0.15) is 6.07 Å². The molecule has 0 aromatic carbocycles. The van der Waals surface area contributed by atoms with Crippen LogP contribution in [0.2, 0.25) is 0 Å². The molecular weight excluding hydrogens is 334 g/mol. The van der Waals surface area contributed by atoms with Crippen LogP contribution in [0.3, 0.4) is 0 Å². The fraction of sp³-hybridized carbons (Fsp3) is 0.389. The summed E-state index contributed by atoms with van der Waals surface area (Å²) in [7, 11) is 0. The van der Waals surface area contributed by atoms with E-state index in [0.717, 1.165) is 0 Å². The molecule has 4 heterocycles. The average molecular weight is 351 g/mol. The molecule has 8 heteroatoms. The lowest BCUT2D eigenvalue weighted by Gasteiger charge is -2.26. The van der Waals surface area contributed by atoms with E-state index in [1.807, 2.05) is 11.0 Å². The third-order valence-electron chi connectivity index (χ3n) is 5.01. The molecule has 0 radical (unpaired) electrons. The maximum absolute atomic E-state index is 12.7. The Balaban J connectivity index is 1.46. The third-order valence-corrected chi connectivity index (χ3v) is 5.01. The molecule has 2 saturated heterocycles. The number of carbonyl (C=O) groups excluding carboxylic acids is 1. The van der Waals surface area contributed by atoms with E-state index in [0.29, 0.717) is 49.9 Å². The number of hydrogen-bond donors (Lipinski definition) is 0. The van der Waals surface area contributed by atoms with Gasteiger partial charge in [0.15, 0.2) is 0 Å². The quantitative estimate of drug-likeness (QED) is 0.807. The van der Waals surface area contributed by atoms with Crippen molar-refractivity contribution < 1.29 is 14.3 Å². The maximum atomic E-state index is 12.7. The Morgan fingerprint density at radius 1 is 1.38 bits per heavy atom. The van der Waals surface area contributed by atoms with Gasteiger partial charge in [0.25, 0.3) is 5.91 Å². The van der Waals surface area contributed by atoms with Crippen molar-refractivity contribution in [2.45, 2.75) is 0 Å². The number of pyridine rings is 1. The number of fused-ring (bicyclic) bond motifs is 1. The van der Waals surface area contributed by atoms with Gasteiger partial charge in [0, 0.05) is 31.3 Å². The molecule has 26 heavy (non-hydrogen) atoms. The summed E-state index contributed by atoms with van der Waals surface area (Å²) >= 11 is 0. The second-order valence-corrected chi connectivity index (χ2v) is 6.68. The monoisotopic (exact) mass is 351 g/mol. The van der Waals surface area contributed by atoms with E-state index < -0.39 is 0 Å². The minimum absolute atomic E-state index is 0.0508. The summed E-state index contributed by atoms with van der Waals surface area (Å²) in [6.07, 6.45) is 4.48. The number of rotatable bonds is 4. The number of nitrogens with zero attached hydrogens (tertiary/aromatic N) is 5. The van der Waals surface area contributed by atoms with Gasteiger partial charge in [-0.2, -0.15) is 15.5 Å². The summed E-state index contributed by atoms with van der Waals surface area (Å²) in [5.74, 6) is 0.636. The summed E-state index contributed by atoms with van der Waals surface area (Å²) < 4.78 is 11.5. The van der Waals surface area contributed by atoms with E-state index in [4.69, 9.17) is 14.7 Å². The van der Waals surface area contributed by atoms with Crippen LogP contribution in [0, 0.1) is 22.7 Å². The molecule has 2 aromatic rings. The van der Waals surface area contributed by atoms with Crippen molar-refractivity contribution in [3.05, 3.63) is 47.9 Å². The SMILES string of the molecule is N#Cc1ccc(OC[C@]23COC[C@H]2CN(C(=O)c2ccnnc2)C3)nc1. The molecule has 2 aliphatic rings. The van der Waals surface area contributed by atoms with E-state index >= 15 is 0 Å². The standard InChI is InChI=1S/C18H17N5O3/c19-5-13-1-2-16(20-6-13)26-12-18-10-23(8-15(18)9-25-11-18)17(24)14-3-4-21-22-7-14/h1-4,6-7,15H,8-12H2/t15-,18+/m1/s1. The number of hydrogen-bond acceptors (Lipinski definition) is 7. The normalized spacial score (nSPS) is 24.1. The molecule has 0 bridgehead atoms. The molecule has 2 fully saturated rings. The van der Waals surface area contributed by atoms with Gasteiger partial charge in [0.05, 0.1) is 48.8 Å². The topological polar surface area (TPSA) is 101 Å². The smallest absolute Gasteiger partial charge is 0.255 e. The van der Waals surface area contributed by atoms with Crippen LogP contribution in [0.5, 0.6) is 5.88 Å². The largest absolute Gasteiger partial charge is 0.477 e. The summed E-state index contributed by atoms with van der Waals surface area (Å²) in [6.45, 7) is 2.77. The van der Waals surface area contributed by atoms with Crippen molar-refractivity contribution in [2.75, 3.05) is 32.9 Å². The van der Waals surface area contributed by atoms with Crippen LogP contribution >= 0.6 is 0 Å². The molecule has 0 N–H and O–H groups in total. The van der Waals surface area contributed by atoms with Gasteiger partial charge in [-0.15, -0.1) is 0 Å². The minimum Gasteiger partial charge on any atom is -0.477 e. The first kappa shape index (κ1) is 16.4. The lowest BCUT2D eigenvalue weighted by molar-refractivity contribution is 0.0655. The zero-order valence-electron chi connectivity index (χ0n) is 14.0. The van der Waals surface area contributed by atoms with Gasteiger partial charge in [-0.05, 0) is 12.1 Å². The Hall–Kier alpha value is -3.05. The number of amides is 1. The molecule has 4 rings (SSSR count). The summed E-state index contributed by atoms with van der Waals surface area (Å²) in [6, 6.07) is 7.05. The number of nitriles is 1. The van der Waals surface area contributed by atoms with Gasteiger partial charge in [-0.3, -0.25) is 4.79 Å². The summed E-state index contributed by atoms with van der Waals surface area (Å²) in [5, 5.41) is 16.3. The van der Waals surface area contributed by atoms with Crippen molar-refractivity contribution in [1.29, 1.82) is 5.26 Å². The van der Waals surface area contributed by atoms with Crippen LogP contribution in [0.4, 0.5) is 0 Å². The van der Waals surface area contributed by atoms with Crippen molar-refractivity contribution in [1.82, 2.24) is 20.1 Å². The number of likely N-dealkylation sites (tertiary alicyclic amines) is 1. The number of aromatic nitrogens is 3. The molecule has 8 nitrogen and oxygen atoms in total. The molecule has 2 aliphatic heterocycles. The van der Waals surface area contributed by atoms with Crippen LogP contribution in [0.25, 0.3) is 0 Å². The van der Waals surface area contributed by atoms with Crippen LogP contribution in [0.15, 0.2) is 36.8 Å². The van der Waals surface area contributed by atoms with E-state index in [9.17, 15) is 4.79 Å². The van der Waals surface area contributed by atoms with Gasteiger partial charge in [-0.1, -0.05) is 0 Å². The minimum atomic E-state index is -0.244. The first-order valence-corrected chi connectivity index (χ1v) is 8.33. The zero-order valence-corrected chi connectivity index (χ0v) is 14.0. The number of ether oxygens (including phenoxy) is 2. The van der Waals surface area contributed by atoms with Crippen LogP contribution in [0.1, 0.15) is 15.9 Å². The fourth-order valence-corrected chi connectivity index (χ4v) is 3.54. The Labute approximate surface area is 150 Å². The Kier molecular flexibility index (Phi) is 4.22. The van der Waals surface area contributed by atoms with Crippen molar-refractivity contribution in [2.24, 2.45) is 11.3 Å². The van der Waals surface area contributed by atoms with Gasteiger partial charge in [-0.25, -0.2) is 4.98 Å². The average Bonchev–Trinajstić information content (AvgIpc) is 3.24. The Morgan fingerprint density at radius 2 is 2.31 bits per heavy atom. The first-order chi connectivity index (χ1) is 12.7. The predicted molar refractivity (Wildman–Crippen MR) is 89.1 cm³/mol. The zero-order chi connectivity index (χ0) is 18.0. The second kappa shape index (κ2) is 6.69. The van der Waals surface area contributed by atoms with E-state index in [-0.39, 0.29) is 17.2 Å². The van der Waals surface area contributed by atoms with Crippen molar-refractivity contribution >= 4 is 5.91 Å². The van der Waals surface area contributed by atoms with Crippen molar-refractivity contribution in [3.63, 3.8) is 0 Å². The Bertz CT molecular complexity index is 836. The van der Waals surface area contributed by atoms with Crippen LogP contribution in [-0.4, -0.2) is 58.9 Å². The summed E-state index contributed by atoms with van der Waals surface area (Å²) in [4.78, 5) is 18.7. The molecule has 132 valence electrons. The number of carbonyl (C=O) groups is 1.